The monoisotopic (exact) mass is 372 g/mol. The third-order valence-corrected chi connectivity index (χ3v) is 3.76. The molecule has 0 unspecified atom stereocenters. The molecule has 3 nitrogen and oxygen atoms in total. The average molecular weight is 373 g/mol. The van der Waals surface area contributed by atoms with Gasteiger partial charge in [-0.1, -0.05) is 52.3 Å². The highest BCUT2D eigenvalue weighted by Crippen LogP contribution is 2.12. The molecular weight excluding hydrogens is 352 g/mol. The van der Waals surface area contributed by atoms with Crippen molar-refractivity contribution in [2.45, 2.75) is 13.1 Å². The molecule has 0 aliphatic carbocycles. The van der Waals surface area contributed by atoms with Gasteiger partial charge in [0.2, 0.25) is 5.91 Å². The zero-order valence-corrected chi connectivity index (χ0v) is 15.0. The van der Waals surface area contributed by atoms with Crippen LogP contribution in [0.4, 0.5) is 0 Å². The highest BCUT2D eigenvalue weighted by Gasteiger charge is 1.99. The van der Waals surface area contributed by atoms with Gasteiger partial charge in [0.25, 0.3) is 0 Å². The number of nitrogens with one attached hydrogen (secondary N) is 1. The molecule has 0 saturated heterocycles. The lowest BCUT2D eigenvalue weighted by Crippen LogP contribution is -2.20. The molecule has 0 fully saturated rings. The second kappa shape index (κ2) is 8.65. The maximum atomic E-state index is 11.9. The lowest BCUT2D eigenvalue weighted by atomic mass is 10.1. The predicted octanol–water partition coefficient (Wildman–Crippen LogP) is 3.84. The number of hydrogen-bond acceptors (Lipinski definition) is 2. The van der Waals surface area contributed by atoms with E-state index in [4.69, 9.17) is 0 Å². The van der Waals surface area contributed by atoms with Crippen LogP contribution in [0.3, 0.4) is 0 Å². The molecule has 1 N–H and O–H groups in total. The van der Waals surface area contributed by atoms with E-state index in [2.05, 4.69) is 50.4 Å². The lowest BCUT2D eigenvalue weighted by molar-refractivity contribution is -0.116. The zero-order valence-electron chi connectivity index (χ0n) is 13.4. The minimum atomic E-state index is -0.0951. The number of rotatable bonds is 6. The van der Waals surface area contributed by atoms with E-state index in [9.17, 15) is 4.79 Å². The molecule has 2 aromatic carbocycles. The Hall–Kier alpha value is -1.91. The minimum absolute atomic E-state index is 0.0951. The van der Waals surface area contributed by atoms with Crippen molar-refractivity contribution in [2.75, 3.05) is 14.1 Å². The summed E-state index contributed by atoms with van der Waals surface area (Å²) in [6.07, 6.45) is 3.36. The standard InChI is InChI=1S/C19H21BrN2O/c1-22(2)14-17-8-6-16(7-9-17)13-21-19(23)11-10-15-4-3-5-18(20)12-15/h3-12H,13-14H2,1-2H3,(H,21,23)/b11-10+. The highest BCUT2D eigenvalue weighted by atomic mass is 79.9. The summed E-state index contributed by atoms with van der Waals surface area (Å²) in [4.78, 5) is 14.0. The van der Waals surface area contributed by atoms with Crippen LogP contribution in [0.1, 0.15) is 16.7 Å². The number of benzene rings is 2. The van der Waals surface area contributed by atoms with E-state index in [1.165, 1.54) is 5.56 Å². The summed E-state index contributed by atoms with van der Waals surface area (Å²) >= 11 is 3.41. The quantitative estimate of drug-likeness (QED) is 0.781. The molecule has 0 heterocycles. The van der Waals surface area contributed by atoms with Gasteiger partial charge in [-0.25, -0.2) is 0 Å². The van der Waals surface area contributed by atoms with E-state index in [1.54, 1.807) is 12.2 Å². The van der Waals surface area contributed by atoms with Crippen molar-refractivity contribution >= 4 is 27.9 Å². The van der Waals surface area contributed by atoms with Gasteiger partial charge in [-0.3, -0.25) is 4.79 Å². The van der Waals surface area contributed by atoms with Gasteiger partial charge in [-0.2, -0.15) is 0 Å². The van der Waals surface area contributed by atoms with Gasteiger partial charge in [0.1, 0.15) is 0 Å². The number of carbonyl (C=O) groups is 1. The van der Waals surface area contributed by atoms with E-state index >= 15 is 0 Å². The Labute approximate surface area is 146 Å². The molecule has 0 saturated carbocycles. The normalized spacial score (nSPS) is 11.1. The highest BCUT2D eigenvalue weighted by molar-refractivity contribution is 9.10. The third kappa shape index (κ3) is 6.38. The lowest BCUT2D eigenvalue weighted by Gasteiger charge is -2.10. The fourth-order valence-corrected chi connectivity index (χ4v) is 2.57. The van der Waals surface area contributed by atoms with E-state index in [0.717, 1.165) is 22.1 Å². The molecule has 2 rings (SSSR count). The van der Waals surface area contributed by atoms with Crippen LogP contribution in [0.15, 0.2) is 59.1 Å². The second-order valence-corrected chi connectivity index (χ2v) is 6.58. The first kappa shape index (κ1) is 17.4. The SMILES string of the molecule is CN(C)Cc1ccc(CNC(=O)/C=C/c2cccc(Br)c2)cc1. The Morgan fingerprint density at radius 2 is 1.83 bits per heavy atom. The van der Waals surface area contributed by atoms with Crippen molar-refractivity contribution < 1.29 is 4.79 Å². The summed E-state index contributed by atoms with van der Waals surface area (Å²) in [5.74, 6) is -0.0951. The summed E-state index contributed by atoms with van der Waals surface area (Å²) in [5, 5.41) is 2.90. The maximum Gasteiger partial charge on any atom is 0.244 e. The molecule has 0 atom stereocenters. The van der Waals surface area contributed by atoms with Gasteiger partial charge in [-0.15, -0.1) is 0 Å². The second-order valence-electron chi connectivity index (χ2n) is 5.66. The summed E-state index contributed by atoms with van der Waals surface area (Å²) in [5.41, 5.74) is 3.35. The molecule has 0 aromatic heterocycles. The van der Waals surface area contributed by atoms with Crippen molar-refractivity contribution in [2.24, 2.45) is 0 Å². The van der Waals surface area contributed by atoms with Gasteiger partial charge in [0, 0.05) is 23.6 Å². The number of nitrogens with zero attached hydrogens (tertiary/aromatic N) is 1. The largest absolute Gasteiger partial charge is 0.348 e. The number of hydrogen-bond donors (Lipinski definition) is 1. The fourth-order valence-electron chi connectivity index (χ4n) is 2.16. The van der Waals surface area contributed by atoms with Crippen LogP contribution in [-0.2, 0) is 17.9 Å². The Balaban J connectivity index is 1.84. The Bertz CT molecular complexity index is 678. The molecule has 0 radical (unpaired) electrons. The number of halogens is 1. The summed E-state index contributed by atoms with van der Waals surface area (Å²) in [6.45, 7) is 1.45. The first-order chi connectivity index (χ1) is 11.0. The van der Waals surface area contributed by atoms with E-state index in [0.29, 0.717) is 6.54 Å². The van der Waals surface area contributed by atoms with Crippen LogP contribution in [0.25, 0.3) is 6.08 Å². The van der Waals surface area contributed by atoms with Crippen molar-refractivity contribution in [1.29, 1.82) is 0 Å². The van der Waals surface area contributed by atoms with E-state index in [1.807, 2.05) is 38.4 Å². The van der Waals surface area contributed by atoms with E-state index in [-0.39, 0.29) is 5.91 Å². The zero-order chi connectivity index (χ0) is 16.7. The fraction of sp³-hybridized carbons (Fsp3) is 0.211. The summed E-state index contributed by atoms with van der Waals surface area (Å²) in [6, 6.07) is 16.1. The molecule has 23 heavy (non-hydrogen) atoms. The number of amides is 1. The van der Waals surface area contributed by atoms with Gasteiger partial charge >= 0.3 is 0 Å². The van der Waals surface area contributed by atoms with Crippen LogP contribution in [0.2, 0.25) is 0 Å². The molecule has 1 amide bonds. The van der Waals surface area contributed by atoms with Crippen LogP contribution >= 0.6 is 15.9 Å². The molecule has 4 heteroatoms. The first-order valence-corrected chi connectivity index (χ1v) is 8.26. The first-order valence-electron chi connectivity index (χ1n) is 7.47. The van der Waals surface area contributed by atoms with Crippen molar-refractivity contribution in [1.82, 2.24) is 10.2 Å². The maximum absolute atomic E-state index is 11.9. The Kier molecular flexibility index (Phi) is 6.56. The molecule has 0 aliphatic rings. The van der Waals surface area contributed by atoms with Gasteiger partial charge in [-0.05, 0) is 49.0 Å². The smallest absolute Gasteiger partial charge is 0.244 e. The number of carbonyl (C=O) groups excluding carboxylic acids is 1. The van der Waals surface area contributed by atoms with Gasteiger partial charge < -0.3 is 10.2 Å². The van der Waals surface area contributed by atoms with Crippen LogP contribution in [0, 0.1) is 0 Å². The van der Waals surface area contributed by atoms with Crippen LogP contribution in [0.5, 0.6) is 0 Å². The topological polar surface area (TPSA) is 32.3 Å². The third-order valence-electron chi connectivity index (χ3n) is 3.26. The minimum Gasteiger partial charge on any atom is -0.348 e. The Morgan fingerprint density at radius 1 is 1.13 bits per heavy atom. The van der Waals surface area contributed by atoms with Gasteiger partial charge in [0.05, 0.1) is 0 Å². The summed E-state index contributed by atoms with van der Waals surface area (Å²) in [7, 11) is 4.09. The predicted molar refractivity (Wildman–Crippen MR) is 98.9 cm³/mol. The van der Waals surface area contributed by atoms with Gasteiger partial charge in [0.15, 0.2) is 0 Å². The van der Waals surface area contributed by atoms with Crippen molar-refractivity contribution in [3.8, 4) is 0 Å². The van der Waals surface area contributed by atoms with Crippen LogP contribution in [-0.4, -0.2) is 24.9 Å². The Morgan fingerprint density at radius 3 is 2.48 bits per heavy atom. The molecule has 0 bridgehead atoms. The molecule has 0 spiro atoms. The molecule has 0 aliphatic heterocycles. The van der Waals surface area contributed by atoms with Crippen molar-refractivity contribution in [3.63, 3.8) is 0 Å². The van der Waals surface area contributed by atoms with Crippen molar-refractivity contribution in [3.05, 3.63) is 75.8 Å². The molecule has 2 aromatic rings. The molecular formula is C19H21BrN2O. The van der Waals surface area contributed by atoms with E-state index < -0.39 is 0 Å². The average Bonchev–Trinajstić information content (AvgIpc) is 2.52. The van der Waals surface area contributed by atoms with Crippen LogP contribution < -0.4 is 5.32 Å². The molecule has 120 valence electrons. The summed E-state index contributed by atoms with van der Waals surface area (Å²) < 4.78 is 0.998.